The minimum absolute atomic E-state index is 0.0539. The molecule has 5 aromatic rings. The van der Waals surface area contributed by atoms with E-state index in [4.69, 9.17) is 39.3 Å². The van der Waals surface area contributed by atoms with Gasteiger partial charge in [0.2, 0.25) is 21.9 Å². The molecule has 2 aliphatic rings. The Bertz CT molecular complexity index is 2050. The molecule has 3 aromatic carbocycles. The average molecular weight is 739 g/mol. The van der Waals surface area contributed by atoms with Crippen LogP contribution in [0.5, 0.6) is 11.5 Å². The number of aliphatic hydroxyl groups is 1. The molecule has 1 saturated heterocycles. The largest absolute Gasteiger partial charge is 0.497 e. The van der Waals surface area contributed by atoms with Gasteiger partial charge in [-0.15, -0.1) is 0 Å². The first-order valence-electron chi connectivity index (χ1n) is 17.4. The Hall–Kier alpha value is -5.35. The Kier molecular flexibility index (Phi) is 11.0. The smallest absolute Gasteiger partial charge is 0.240 e. The Morgan fingerprint density at radius 3 is 2.00 bits per heavy atom. The first-order chi connectivity index (χ1) is 25.8. The summed E-state index contributed by atoms with van der Waals surface area (Å²) >= 11 is 0. The van der Waals surface area contributed by atoms with E-state index in [1.807, 2.05) is 60.9 Å². The van der Waals surface area contributed by atoms with E-state index in [0.29, 0.717) is 64.3 Å². The van der Waals surface area contributed by atoms with E-state index < -0.39 is 10.0 Å². The van der Waals surface area contributed by atoms with Crippen molar-refractivity contribution in [1.82, 2.24) is 24.7 Å². The molecule has 2 aliphatic heterocycles. The van der Waals surface area contributed by atoms with E-state index in [1.54, 1.807) is 38.5 Å². The molecule has 2 N–H and O–H groups in total. The number of anilines is 4. The standard InChI is InChI=1S/C38H42N8O6S/c1-50-31-9-3-27(4-10-31)25-45(26-28-5-11-32(51-2)12-6-28)37-39-23-29(24-40-37)35-34-15-17-46(36(34)43-38(42-35)44-18-21-52-22-19-44)30-7-13-33(14-8-30)53(48,49)41-16-20-47/h3-14,23-24,41,47H,15-22,25-26H2,1-2H3. The molecule has 0 saturated carbocycles. The fourth-order valence-corrected chi connectivity index (χ4v) is 7.43. The minimum Gasteiger partial charge on any atom is -0.497 e. The van der Waals surface area contributed by atoms with Crippen molar-refractivity contribution in [2.24, 2.45) is 0 Å². The minimum atomic E-state index is -3.74. The number of benzene rings is 3. The maximum Gasteiger partial charge on any atom is 0.240 e. The third-order valence-electron chi connectivity index (χ3n) is 9.23. The first-order valence-corrected chi connectivity index (χ1v) is 18.9. The van der Waals surface area contributed by atoms with Crippen LogP contribution in [0.15, 0.2) is 90.1 Å². The molecule has 276 valence electrons. The van der Waals surface area contributed by atoms with Crippen molar-refractivity contribution in [3.63, 3.8) is 0 Å². The van der Waals surface area contributed by atoms with Crippen LogP contribution in [0.1, 0.15) is 16.7 Å². The number of methoxy groups -OCH3 is 2. The Labute approximate surface area is 309 Å². The molecular weight excluding hydrogens is 697 g/mol. The first kappa shape index (κ1) is 36.0. The zero-order valence-corrected chi connectivity index (χ0v) is 30.5. The topological polar surface area (TPSA) is 155 Å². The van der Waals surface area contributed by atoms with E-state index in [9.17, 15) is 8.42 Å². The van der Waals surface area contributed by atoms with Gasteiger partial charge in [0.05, 0.1) is 44.6 Å². The number of nitrogens with zero attached hydrogens (tertiary/aromatic N) is 7. The van der Waals surface area contributed by atoms with E-state index in [1.165, 1.54) is 0 Å². The number of hydrogen-bond donors (Lipinski definition) is 2. The monoisotopic (exact) mass is 738 g/mol. The number of morpholine rings is 1. The molecule has 0 aliphatic carbocycles. The maximum absolute atomic E-state index is 12.6. The molecule has 53 heavy (non-hydrogen) atoms. The summed E-state index contributed by atoms with van der Waals surface area (Å²) in [5, 5.41) is 9.08. The number of rotatable bonds is 14. The average Bonchev–Trinajstić information content (AvgIpc) is 3.65. The maximum atomic E-state index is 12.6. The molecular formula is C38H42N8O6S. The van der Waals surface area contributed by atoms with Crippen molar-refractivity contribution < 1.29 is 27.7 Å². The van der Waals surface area contributed by atoms with Crippen LogP contribution in [0, 0.1) is 0 Å². The zero-order chi connectivity index (χ0) is 36.8. The fourth-order valence-electron chi connectivity index (χ4n) is 6.41. The van der Waals surface area contributed by atoms with Gasteiger partial charge in [-0.2, -0.15) is 4.98 Å². The summed E-state index contributed by atoms with van der Waals surface area (Å²) < 4.78 is 44.0. The van der Waals surface area contributed by atoms with Crippen molar-refractivity contribution >= 4 is 33.4 Å². The van der Waals surface area contributed by atoms with E-state index in [-0.39, 0.29) is 18.0 Å². The fraction of sp³-hybridized carbons (Fsp3) is 0.316. The third-order valence-corrected chi connectivity index (χ3v) is 10.7. The Morgan fingerprint density at radius 1 is 0.830 bits per heavy atom. The SMILES string of the molecule is COc1ccc(CN(Cc2ccc(OC)cc2)c2ncc(-c3nc(N4CCOCC4)nc4c3CCN4c3ccc(S(=O)(=O)NCCO)cc3)cn2)cc1. The quantitative estimate of drug-likeness (QED) is 0.169. The number of hydrogen-bond acceptors (Lipinski definition) is 13. The highest BCUT2D eigenvalue weighted by Gasteiger charge is 2.30. The predicted molar refractivity (Wildman–Crippen MR) is 201 cm³/mol. The van der Waals surface area contributed by atoms with Crippen molar-refractivity contribution in [3.05, 3.63) is 102 Å². The molecule has 4 heterocycles. The summed E-state index contributed by atoms with van der Waals surface area (Å²) in [6, 6.07) is 22.6. The zero-order valence-electron chi connectivity index (χ0n) is 29.7. The van der Waals surface area contributed by atoms with Crippen molar-refractivity contribution in [2.75, 3.05) is 74.9 Å². The van der Waals surface area contributed by atoms with Crippen LogP contribution < -0.4 is 28.9 Å². The molecule has 7 rings (SSSR count). The second-order valence-electron chi connectivity index (χ2n) is 12.6. The number of fused-ring (bicyclic) bond motifs is 1. The predicted octanol–water partition coefficient (Wildman–Crippen LogP) is 3.96. The van der Waals surface area contributed by atoms with Gasteiger partial charge in [-0.1, -0.05) is 24.3 Å². The van der Waals surface area contributed by atoms with Gasteiger partial charge in [-0.3, -0.25) is 0 Å². The van der Waals surface area contributed by atoms with E-state index >= 15 is 0 Å². The number of nitrogens with one attached hydrogen (secondary N) is 1. The molecule has 0 atom stereocenters. The molecule has 0 spiro atoms. The van der Waals surface area contributed by atoms with Gasteiger partial charge in [0.15, 0.2) is 0 Å². The van der Waals surface area contributed by atoms with Crippen LogP contribution in [-0.4, -0.2) is 93.7 Å². The normalized spacial score (nSPS) is 14.2. The molecule has 0 bridgehead atoms. The van der Waals surface area contributed by atoms with Gasteiger partial charge in [-0.05, 0) is 66.1 Å². The third kappa shape index (κ3) is 8.18. The van der Waals surface area contributed by atoms with Crippen molar-refractivity contribution in [3.8, 4) is 22.8 Å². The lowest BCUT2D eigenvalue weighted by molar-refractivity contribution is 0.122. The number of sulfonamides is 1. The van der Waals surface area contributed by atoms with Crippen LogP contribution in [-0.2, 0) is 34.3 Å². The molecule has 0 radical (unpaired) electrons. The summed E-state index contributed by atoms with van der Waals surface area (Å²) in [4.78, 5) is 26.4. The second-order valence-corrected chi connectivity index (χ2v) is 14.4. The number of ether oxygens (including phenoxy) is 3. The highest BCUT2D eigenvalue weighted by Crippen LogP contribution is 2.39. The van der Waals surface area contributed by atoms with Crippen molar-refractivity contribution in [2.45, 2.75) is 24.4 Å². The van der Waals surface area contributed by atoms with Gasteiger partial charge in [-0.25, -0.2) is 28.1 Å². The lowest BCUT2D eigenvalue weighted by Crippen LogP contribution is -2.37. The van der Waals surface area contributed by atoms with Crippen LogP contribution in [0.4, 0.5) is 23.4 Å². The molecule has 15 heteroatoms. The van der Waals surface area contributed by atoms with E-state index in [0.717, 1.165) is 51.0 Å². The lowest BCUT2D eigenvalue weighted by Gasteiger charge is -2.28. The van der Waals surface area contributed by atoms with E-state index in [2.05, 4.69) is 19.4 Å². The Morgan fingerprint density at radius 2 is 1.43 bits per heavy atom. The molecule has 14 nitrogen and oxygen atoms in total. The molecule has 2 aromatic heterocycles. The molecule has 0 unspecified atom stereocenters. The van der Waals surface area contributed by atoms with Gasteiger partial charge in [0.25, 0.3) is 0 Å². The summed E-state index contributed by atoms with van der Waals surface area (Å²) in [6.07, 6.45) is 4.32. The van der Waals surface area contributed by atoms with Crippen LogP contribution in [0.2, 0.25) is 0 Å². The summed E-state index contributed by atoms with van der Waals surface area (Å²) in [5.41, 5.74) is 5.48. The second kappa shape index (κ2) is 16.1. The van der Waals surface area contributed by atoms with Gasteiger partial charge in [0.1, 0.15) is 17.3 Å². The lowest BCUT2D eigenvalue weighted by atomic mass is 10.1. The molecule has 0 amide bonds. The van der Waals surface area contributed by atoms with Gasteiger partial charge >= 0.3 is 0 Å². The summed E-state index contributed by atoms with van der Waals surface area (Å²) in [5.74, 6) is 3.51. The number of aromatic nitrogens is 4. The van der Waals surface area contributed by atoms with Crippen molar-refractivity contribution in [1.29, 1.82) is 0 Å². The number of aliphatic hydroxyl groups excluding tert-OH is 1. The van der Waals surface area contributed by atoms with Gasteiger partial charge < -0.3 is 34.0 Å². The van der Waals surface area contributed by atoms with Crippen LogP contribution in [0.3, 0.4) is 0 Å². The van der Waals surface area contributed by atoms with Crippen LogP contribution in [0.25, 0.3) is 11.3 Å². The van der Waals surface area contributed by atoms with Gasteiger partial charge in [0, 0.05) is 68.5 Å². The highest BCUT2D eigenvalue weighted by atomic mass is 32.2. The summed E-state index contributed by atoms with van der Waals surface area (Å²) in [6.45, 7) is 3.92. The summed E-state index contributed by atoms with van der Waals surface area (Å²) in [7, 11) is -0.430. The Balaban J connectivity index is 1.21. The van der Waals surface area contributed by atoms with Crippen LogP contribution >= 0.6 is 0 Å². The molecule has 1 fully saturated rings. The highest BCUT2D eigenvalue weighted by molar-refractivity contribution is 7.89.